The standard InChI is InChI=1S/C22H24N6O5S/c1-15-5-4-6-18(13-15)27-17(3)21(23-24-27)22(29)25-9-11-26(12-10-25)34(32,33)20-14-19(28(30)31)8-7-16(20)2/h4-8,13-14H,9-12H2,1-3H3. The first-order valence-corrected chi connectivity index (χ1v) is 12.1. The zero-order valence-electron chi connectivity index (χ0n) is 19.0. The summed E-state index contributed by atoms with van der Waals surface area (Å²) in [5.74, 6) is -0.319. The molecular weight excluding hydrogens is 460 g/mol. The average molecular weight is 485 g/mol. The van der Waals surface area contributed by atoms with E-state index in [9.17, 15) is 23.3 Å². The number of hydrogen-bond donors (Lipinski definition) is 0. The van der Waals surface area contributed by atoms with E-state index in [-0.39, 0.29) is 48.4 Å². The molecule has 1 fully saturated rings. The molecule has 1 aliphatic rings. The molecule has 11 nitrogen and oxygen atoms in total. The number of carbonyl (C=O) groups is 1. The van der Waals surface area contributed by atoms with E-state index >= 15 is 0 Å². The van der Waals surface area contributed by atoms with Gasteiger partial charge in [0.15, 0.2) is 5.69 Å². The molecule has 12 heteroatoms. The molecule has 0 N–H and O–H groups in total. The summed E-state index contributed by atoms with van der Waals surface area (Å²) in [7, 11) is -3.95. The number of rotatable bonds is 5. The van der Waals surface area contributed by atoms with Crippen molar-refractivity contribution in [3.05, 3.63) is 75.1 Å². The van der Waals surface area contributed by atoms with Crippen LogP contribution in [0.3, 0.4) is 0 Å². The summed E-state index contributed by atoms with van der Waals surface area (Å²) in [5, 5.41) is 19.3. The molecule has 1 aromatic heterocycles. The molecular formula is C22H24N6O5S. The fourth-order valence-electron chi connectivity index (χ4n) is 3.93. The molecule has 3 aromatic rings. The molecule has 0 spiro atoms. The van der Waals surface area contributed by atoms with Gasteiger partial charge in [-0.15, -0.1) is 5.10 Å². The van der Waals surface area contributed by atoms with Crippen molar-refractivity contribution in [2.75, 3.05) is 26.2 Å². The number of nitrogens with zero attached hydrogens (tertiary/aromatic N) is 6. The molecule has 0 unspecified atom stereocenters. The molecule has 0 radical (unpaired) electrons. The lowest BCUT2D eigenvalue weighted by Gasteiger charge is -2.33. The zero-order chi connectivity index (χ0) is 24.6. The maximum absolute atomic E-state index is 13.1. The largest absolute Gasteiger partial charge is 0.335 e. The van der Waals surface area contributed by atoms with Crippen LogP contribution in [0.25, 0.3) is 5.69 Å². The van der Waals surface area contributed by atoms with Crippen molar-refractivity contribution in [3.63, 3.8) is 0 Å². The monoisotopic (exact) mass is 484 g/mol. The van der Waals surface area contributed by atoms with Gasteiger partial charge >= 0.3 is 0 Å². The van der Waals surface area contributed by atoms with Gasteiger partial charge in [0, 0.05) is 38.3 Å². The zero-order valence-corrected chi connectivity index (χ0v) is 19.8. The Hall–Kier alpha value is -3.64. The van der Waals surface area contributed by atoms with Gasteiger partial charge in [0.2, 0.25) is 10.0 Å². The van der Waals surface area contributed by atoms with Gasteiger partial charge in [-0.3, -0.25) is 14.9 Å². The Morgan fingerprint density at radius 2 is 1.74 bits per heavy atom. The van der Waals surface area contributed by atoms with Crippen molar-refractivity contribution < 1.29 is 18.1 Å². The number of nitro benzene ring substituents is 1. The molecule has 1 amide bonds. The number of nitro groups is 1. The van der Waals surface area contributed by atoms with Crippen LogP contribution in [0.4, 0.5) is 5.69 Å². The summed E-state index contributed by atoms with van der Waals surface area (Å²) in [6.45, 7) is 5.80. The van der Waals surface area contributed by atoms with Crippen LogP contribution in [0.1, 0.15) is 27.3 Å². The number of non-ortho nitro benzene ring substituents is 1. The van der Waals surface area contributed by atoms with Crippen molar-refractivity contribution in [2.24, 2.45) is 0 Å². The van der Waals surface area contributed by atoms with Crippen LogP contribution in [0, 0.1) is 30.9 Å². The van der Waals surface area contributed by atoms with Crippen LogP contribution in [0.15, 0.2) is 47.4 Å². The van der Waals surface area contributed by atoms with Gasteiger partial charge in [0.05, 0.1) is 21.2 Å². The highest BCUT2D eigenvalue weighted by atomic mass is 32.2. The topological polar surface area (TPSA) is 132 Å². The fraction of sp³-hybridized carbons (Fsp3) is 0.318. The predicted octanol–water partition coefficient (Wildman–Crippen LogP) is 2.25. The van der Waals surface area contributed by atoms with Crippen LogP contribution in [-0.4, -0.2) is 69.6 Å². The smallest absolute Gasteiger partial charge is 0.276 e. The number of hydrogen-bond acceptors (Lipinski definition) is 7. The Morgan fingerprint density at radius 3 is 2.38 bits per heavy atom. The molecule has 0 bridgehead atoms. The number of piperazine rings is 1. The van der Waals surface area contributed by atoms with E-state index in [1.54, 1.807) is 23.4 Å². The highest BCUT2D eigenvalue weighted by molar-refractivity contribution is 7.89. The van der Waals surface area contributed by atoms with Crippen LogP contribution in [-0.2, 0) is 10.0 Å². The lowest BCUT2D eigenvalue weighted by Crippen LogP contribution is -2.50. The van der Waals surface area contributed by atoms with Gasteiger partial charge in [-0.25, -0.2) is 13.1 Å². The summed E-state index contributed by atoms with van der Waals surface area (Å²) in [5.41, 5.74) is 2.80. The van der Waals surface area contributed by atoms with E-state index in [0.717, 1.165) is 17.3 Å². The minimum Gasteiger partial charge on any atom is -0.335 e. The van der Waals surface area contributed by atoms with Crippen molar-refractivity contribution in [1.82, 2.24) is 24.2 Å². The average Bonchev–Trinajstić information content (AvgIpc) is 3.20. The van der Waals surface area contributed by atoms with Gasteiger partial charge in [0.25, 0.3) is 11.6 Å². The quantitative estimate of drug-likeness (QED) is 0.401. The molecule has 0 aliphatic carbocycles. The lowest BCUT2D eigenvalue weighted by atomic mass is 10.2. The Morgan fingerprint density at radius 1 is 1.03 bits per heavy atom. The first kappa shape index (κ1) is 23.5. The van der Waals surface area contributed by atoms with Gasteiger partial charge < -0.3 is 4.90 Å². The first-order valence-electron chi connectivity index (χ1n) is 10.6. The highest BCUT2D eigenvalue weighted by Gasteiger charge is 2.33. The number of aryl methyl sites for hydroxylation is 2. The third kappa shape index (κ3) is 4.29. The van der Waals surface area contributed by atoms with Gasteiger partial charge in [-0.05, 0) is 44.0 Å². The molecule has 34 heavy (non-hydrogen) atoms. The van der Waals surface area contributed by atoms with Crippen molar-refractivity contribution in [1.29, 1.82) is 0 Å². The molecule has 2 heterocycles. The molecule has 4 rings (SSSR count). The highest BCUT2D eigenvalue weighted by Crippen LogP contribution is 2.26. The van der Waals surface area contributed by atoms with E-state index in [4.69, 9.17) is 0 Å². The molecule has 2 aromatic carbocycles. The molecule has 0 saturated carbocycles. The van der Waals surface area contributed by atoms with Crippen molar-refractivity contribution >= 4 is 21.6 Å². The van der Waals surface area contributed by atoms with Gasteiger partial charge in [0.1, 0.15) is 0 Å². The second-order valence-electron chi connectivity index (χ2n) is 8.18. The van der Waals surface area contributed by atoms with Gasteiger partial charge in [-0.1, -0.05) is 23.4 Å². The molecule has 178 valence electrons. The fourth-order valence-corrected chi connectivity index (χ4v) is 5.60. The number of benzene rings is 2. The lowest BCUT2D eigenvalue weighted by molar-refractivity contribution is -0.385. The van der Waals surface area contributed by atoms with E-state index in [1.165, 1.54) is 16.4 Å². The third-order valence-corrected chi connectivity index (χ3v) is 7.91. The van der Waals surface area contributed by atoms with E-state index in [1.807, 2.05) is 31.2 Å². The Bertz CT molecular complexity index is 1380. The normalized spacial score (nSPS) is 14.9. The minimum absolute atomic E-state index is 0.0707. The summed E-state index contributed by atoms with van der Waals surface area (Å²) < 4.78 is 29.1. The Kier molecular flexibility index (Phi) is 6.19. The van der Waals surface area contributed by atoms with Crippen LogP contribution >= 0.6 is 0 Å². The summed E-state index contributed by atoms with van der Waals surface area (Å²) in [6, 6.07) is 11.5. The summed E-state index contributed by atoms with van der Waals surface area (Å²) >= 11 is 0. The van der Waals surface area contributed by atoms with E-state index in [2.05, 4.69) is 10.3 Å². The summed E-state index contributed by atoms with van der Waals surface area (Å²) in [6.07, 6.45) is 0. The van der Waals surface area contributed by atoms with Crippen molar-refractivity contribution in [2.45, 2.75) is 25.7 Å². The van der Waals surface area contributed by atoms with E-state index in [0.29, 0.717) is 11.3 Å². The van der Waals surface area contributed by atoms with Crippen LogP contribution in [0.2, 0.25) is 0 Å². The second kappa shape index (κ2) is 8.95. The number of aromatic nitrogens is 3. The number of sulfonamides is 1. The Balaban J connectivity index is 1.50. The third-order valence-electron chi connectivity index (χ3n) is 5.87. The van der Waals surface area contributed by atoms with E-state index < -0.39 is 14.9 Å². The number of amides is 1. The van der Waals surface area contributed by atoms with Crippen LogP contribution in [0.5, 0.6) is 0 Å². The molecule has 0 atom stereocenters. The maximum atomic E-state index is 13.1. The predicted molar refractivity (Wildman–Crippen MR) is 123 cm³/mol. The van der Waals surface area contributed by atoms with Gasteiger partial charge in [-0.2, -0.15) is 4.31 Å². The molecule has 1 aliphatic heterocycles. The number of carbonyl (C=O) groups excluding carboxylic acids is 1. The maximum Gasteiger partial charge on any atom is 0.276 e. The minimum atomic E-state index is -3.95. The van der Waals surface area contributed by atoms with Crippen molar-refractivity contribution in [3.8, 4) is 5.69 Å². The Labute approximate surface area is 196 Å². The molecule has 1 saturated heterocycles. The second-order valence-corrected chi connectivity index (χ2v) is 10.1. The summed E-state index contributed by atoms with van der Waals surface area (Å²) in [4.78, 5) is 25.0. The SMILES string of the molecule is Cc1cccc(-n2nnc(C(=O)N3CCN(S(=O)(=O)c4cc([N+](=O)[O-])ccc4C)CC3)c2C)c1. The first-order chi connectivity index (χ1) is 16.1. The van der Waals surface area contributed by atoms with Crippen LogP contribution < -0.4 is 0 Å².